The van der Waals surface area contributed by atoms with Gasteiger partial charge in [-0.05, 0) is 105 Å². The third-order valence-electron chi connectivity index (χ3n) is 10.8. The van der Waals surface area contributed by atoms with Crippen molar-refractivity contribution in [2.45, 2.75) is 63.1 Å². The van der Waals surface area contributed by atoms with E-state index in [1.807, 2.05) is 42.3 Å². The predicted octanol–water partition coefficient (Wildman–Crippen LogP) is 4.68. The third kappa shape index (κ3) is 8.27. The number of phenolic OH excluding ortho intramolecular Hbond substituents is 1. The summed E-state index contributed by atoms with van der Waals surface area (Å²) in [5, 5.41) is 29.2. The summed E-state index contributed by atoms with van der Waals surface area (Å²) in [4.78, 5) is 42.9. The Morgan fingerprint density at radius 2 is 1.67 bits per heavy atom. The number of amidine groups is 1. The summed E-state index contributed by atoms with van der Waals surface area (Å²) >= 11 is 0. The highest BCUT2D eigenvalue weighted by Crippen LogP contribution is 2.33. The van der Waals surface area contributed by atoms with E-state index < -0.39 is 0 Å². The SMILES string of the molecule is CN(Cc1cc(C2CCN(C3CCN(c4ccc(/C(=C/C(=N)c5ccccc5O)C(=N)N)cc4)CC3)CC2)ccc1C=O)C1CCC(=O)NC1=O. The molecule has 6 N–H and O–H groups in total. The van der Waals surface area contributed by atoms with Gasteiger partial charge in [-0.2, -0.15) is 0 Å². The number of nitrogens with zero attached hydrogens (tertiary/aromatic N) is 3. The molecule has 0 saturated carbocycles. The molecular weight excluding hydrogens is 642 g/mol. The van der Waals surface area contributed by atoms with Crippen LogP contribution < -0.4 is 16.0 Å². The van der Waals surface area contributed by atoms with Crippen molar-refractivity contribution in [1.29, 1.82) is 10.8 Å². The summed E-state index contributed by atoms with van der Waals surface area (Å²) in [7, 11) is 1.87. The van der Waals surface area contributed by atoms with Crippen LogP contribution in [0.1, 0.15) is 77.1 Å². The van der Waals surface area contributed by atoms with Gasteiger partial charge in [-0.25, -0.2) is 0 Å². The number of benzene rings is 3. The number of allylic oxidation sites excluding steroid dienone is 1. The number of likely N-dealkylation sites (tertiary alicyclic amines) is 1. The summed E-state index contributed by atoms with van der Waals surface area (Å²) < 4.78 is 0. The van der Waals surface area contributed by atoms with Gasteiger partial charge in [-0.3, -0.25) is 30.0 Å². The molecular formula is C40H47N7O4. The van der Waals surface area contributed by atoms with Crippen molar-refractivity contribution in [2.24, 2.45) is 5.73 Å². The molecule has 3 fully saturated rings. The number of amides is 2. The van der Waals surface area contributed by atoms with Crippen LogP contribution in [0.25, 0.3) is 5.57 Å². The molecule has 51 heavy (non-hydrogen) atoms. The van der Waals surface area contributed by atoms with Gasteiger partial charge >= 0.3 is 0 Å². The van der Waals surface area contributed by atoms with Crippen molar-refractivity contribution in [3.05, 3.63) is 101 Å². The zero-order valence-corrected chi connectivity index (χ0v) is 29.1. The fourth-order valence-corrected chi connectivity index (χ4v) is 7.79. The van der Waals surface area contributed by atoms with E-state index in [-0.39, 0.29) is 35.2 Å². The lowest BCUT2D eigenvalue weighted by atomic mass is 9.86. The monoisotopic (exact) mass is 689 g/mol. The van der Waals surface area contributed by atoms with E-state index >= 15 is 0 Å². The van der Waals surface area contributed by atoms with E-state index in [0.717, 1.165) is 75.0 Å². The second-order valence-corrected chi connectivity index (χ2v) is 13.9. The van der Waals surface area contributed by atoms with Gasteiger partial charge in [0.05, 0.1) is 11.8 Å². The van der Waals surface area contributed by atoms with E-state index in [0.29, 0.717) is 48.0 Å². The Morgan fingerprint density at radius 1 is 0.961 bits per heavy atom. The Bertz CT molecular complexity index is 1820. The molecule has 3 aromatic rings. The van der Waals surface area contributed by atoms with Crippen LogP contribution >= 0.6 is 0 Å². The minimum absolute atomic E-state index is 0.0118. The maximum Gasteiger partial charge on any atom is 0.243 e. The summed E-state index contributed by atoms with van der Waals surface area (Å²) in [6, 6.07) is 20.9. The van der Waals surface area contributed by atoms with Crippen molar-refractivity contribution >= 4 is 40.9 Å². The molecule has 11 nitrogen and oxygen atoms in total. The maximum atomic E-state index is 12.4. The summed E-state index contributed by atoms with van der Waals surface area (Å²) in [6.07, 6.45) is 7.48. The van der Waals surface area contributed by atoms with Gasteiger partial charge in [0.2, 0.25) is 11.8 Å². The number of para-hydroxylation sites is 1. The molecule has 0 spiro atoms. The normalized spacial score (nSPS) is 19.6. The fraction of sp³-hybridized carbons (Fsp3) is 0.375. The van der Waals surface area contributed by atoms with Crippen LogP contribution in [0.2, 0.25) is 0 Å². The number of aromatic hydroxyl groups is 1. The van der Waals surface area contributed by atoms with Crippen molar-refractivity contribution in [1.82, 2.24) is 15.1 Å². The zero-order valence-electron chi connectivity index (χ0n) is 29.1. The second-order valence-electron chi connectivity index (χ2n) is 13.9. The van der Waals surface area contributed by atoms with E-state index in [4.69, 9.17) is 16.6 Å². The van der Waals surface area contributed by atoms with Crippen LogP contribution in [0.15, 0.2) is 72.8 Å². The molecule has 266 valence electrons. The topological polar surface area (TPSA) is 167 Å². The van der Waals surface area contributed by atoms with E-state index in [2.05, 4.69) is 27.2 Å². The molecule has 1 unspecified atom stereocenters. The van der Waals surface area contributed by atoms with Crippen LogP contribution in [0, 0.1) is 10.8 Å². The smallest absolute Gasteiger partial charge is 0.243 e. The van der Waals surface area contributed by atoms with Gasteiger partial charge in [0.15, 0.2) is 0 Å². The number of phenols is 1. The fourth-order valence-electron chi connectivity index (χ4n) is 7.79. The summed E-state index contributed by atoms with van der Waals surface area (Å²) in [5.41, 5.74) is 11.5. The van der Waals surface area contributed by atoms with Crippen LogP contribution in [0.4, 0.5) is 5.69 Å². The highest BCUT2D eigenvalue weighted by atomic mass is 16.3. The van der Waals surface area contributed by atoms with Crippen molar-refractivity contribution in [2.75, 3.05) is 38.1 Å². The number of hydrogen-bond donors (Lipinski definition) is 5. The average molecular weight is 690 g/mol. The van der Waals surface area contributed by atoms with Gasteiger partial charge in [-0.15, -0.1) is 0 Å². The number of carbonyl (C=O) groups excluding carboxylic acids is 3. The predicted molar refractivity (Wildman–Crippen MR) is 200 cm³/mol. The van der Waals surface area contributed by atoms with Crippen molar-refractivity contribution in [3.8, 4) is 5.75 Å². The average Bonchev–Trinajstić information content (AvgIpc) is 3.14. The number of rotatable bonds is 11. The third-order valence-corrected chi connectivity index (χ3v) is 10.8. The second kappa shape index (κ2) is 15.8. The van der Waals surface area contributed by atoms with Gasteiger partial charge in [0, 0.05) is 54.5 Å². The number of nitrogens with two attached hydrogens (primary N) is 1. The van der Waals surface area contributed by atoms with Gasteiger partial charge in [0.25, 0.3) is 0 Å². The Kier molecular flexibility index (Phi) is 11.1. The first-order valence-electron chi connectivity index (χ1n) is 17.8. The Hall–Kier alpha value is -5.13. The maximum absolute atomic E-state index is 12.4. The van der Waals surface area contributed by atoms with E-state index in [1.165, 1.54) is 17.7 Å². The quantitative estimate of drug-likeness (QED) is 0.0838. The molecule has 3 aliphatic heterocycles. The minimum atomic E-state index is -0.389. The Balaban J connectivity index is 1.02. The molecule has 3 saturated heterocycles. The molecule has 0 aromatic heterocycles. The molecule has 3 heterocycles. The molecule has 1 atom stereocenters. The van der Waals surface area contributed by atoms with Crippen molar-refractivity contribution < 1.29 is 19.5 Å². The van der Waals surface area contributed by atoms with Crippen LogP contribution in [0.5, 0.6) is 5.75 Å². The van der Waals surface area contributed by atoms with Gasteiger partial charge in [0.1, 0.15) is 17.9 Å². The number of carbonyl (C=O) groups is 3. The number of aldehydes is 1. The molecule has 3 aromatic carbocycles. The first-order chi connectivity index (χ1) is 24.6. The lowest BCUT2D eigenvalue weighted by molar-refractivity contribution is -0.137. The van der Waals surface area contributed by atoms with Crippen molar-refractivity contribution in [3.63, 3.8) is 0 Å². The number of likely N-dealkylation sites (N-methyl/N-ethyl adjacent to an activating group) is 1. The lowest BCUT2D eigenvalue weighted by Gasteiger charge is -2.42. The Labute approximate surface area is 299 Å². The number of anilines is 1. The standard InChI is InChI=1S/C40H47N7O4/c1-45(36-12-13-38(50)44-40(36)51)24-30-22-28(6-7-29(30)25-48)26-14-18-46(19-15-26)32-16-20-47(21-17-32)31-10-8-27(9-11-31)34(39(42)43)23-35(41)33-4-2-3-5-37(33)49/h2-11,22-23,25-26,32,36,41,49H,12-21,24H2,1H3,(H3,42,43)(H,44,50,51)/b34-23-,41-35?. The highest BCUT2D eigenvalue weighted by Gasteiger charge is 2.31. The van der Waals surface area contributed by atoms with Crippen LogP contribution in [-0.2, 0) is 16.1 Å². The van der Waals surface area contributed by atoms with E-state index in [1.54, 1.807) is 18.2 Å². The first kappa shape index (κ1) is 35.7. The molecule has 0 aliphatic carbocycles. The molecule has 0 bridgehead atoms. The molecule has 0 radical (unpaired) electrons. The largest absolute Gasteiger partial charge is 0.507 e. The minimum Gasteiger partial charge on any atom is -0.507 e. The number of nitrogens with one attached hydrogen (secondary N) is 3. The molecule has 3 aliphatic rings. The molecule has 11 heteroatoms. The zero-order chi connectivity index (χ0) is 36.1. The first-order valence-corrected chi connectivity index (χ1v) is 17.8. The summed E-state index contributed by atoms with van der Waals surface area (Å²) in [5.74, 6) is -0.216. The Morgan fingerprint density at radius 3 is 2.31 bits per heavy atom. The van der Waals surface area contributed by atoms with E-state index in [9.17, 15) is 19.5 Å². The van der Waals surface area contributed by atoms with Gasteiger partial charge in [-0.1, -0.05) is 42.5 Å². The van der Waals surface area contributed by atoms with Gasteiger partial charge < -0.3 is 26.0 Å². The highest BCUT2D eigenvalue weighted by molar-refractivity contribution is 6.27. The van der Waals surface area contributed by atoms with Crippen LogP contribution in [-0.4, -0.2) is 89.9 Å². The molecule has 2 amide bonds. The lowest BCUT2D eigenvalue weighted by Crippen LogP contribution is -2.51. The number of piperidine rings is 3. The number of imide groups is 1. The number of hydrogen-bond acceptors (Lipinski definition) is 9. The molecule has 6 rings (SSSR count). The van der Waals surface area contributed by atoms with Crippen LogP contribution in [0.3, 0.4) is 0 Å². The summed E-state index contributed by atoms with van der Waals surface area (Å²) in [6.45, 7) is 4.43.